The van der Waals surface area contributed by atoms with E-state index in [1.165, 1.54) is 5.01 Å². The van der Waals surface area contributed by atoms with Crippen LogP contribution in [-0.2, 0) is 6.54 Å². The predicted octanol–water partition coefficient (Wildman–Crippen LogP) is 5.21. The Morgan fingerprint density at radius 3 is 2.90 bits per heavy atom. The van der Waals surface area contributed by atoms with Gasteiger partial charge in [0, 0.05) is 22.9 Å². The number of aromatic nitrogens is 4. The van der Waals surface area contributed by atoms with Crippen LogP contribution in [0.25, 0.3) is 33.5 Å². The molecule has 1 aromatic carbocycles. The summed E-state index contributed by atoms with van der Waals surface area (Å²) in [6.45, 7) is 2.96. The number of nitrogens with zero attached hydrogens (tertiary/aromatic N) is 4. The van der Waals surface area contributed by atoms with E-state index >= 15 is 0 Å². The molecule has 5 heterocycles. The van der Waals surface area contributed by atoms with E-state index in [1.54, 1.807) is 17.5 Å². The lowest BCUT2D eigenvalue weighted by atomic mass is 9.97. The third-order valence-corrected chi connectivity index (χ3v) is 6.85. The Labute approximate surface area is 177 Å². The van der Waals surface area contributed by atoms with Crippen molar-refractivity contribution in [3.63, 3.8) is 0 Å². The third-order valence-electron chi connectivity index (χ3n) is 5.84. The highest BCUT2D eigenvalue weighted by atomic mass is 32.1. The van der Waals surface area contributed by atoms with Crippen LogP contribution in [0.1, 0.15) is 29.6 Å². The molecule has 0 saturated carbocycles. The molecule has 5 aromatic rings. The first kappa shape index (κ1) is 17.8. The molecule has 0 amide bonds. The Morgan fingerprint density at radius 2 is 2.03 bits per heavy atom. The van der Waals surface area contributed by atoms with Crippen molar-refractivity contribution in [1.29, 1.82) is 0 Å². The minimum absolute atomic E-state index is 0.518. The fraction of sp³-hybridized carbons (Fsp3) is 0.261. The van der Waals surface area contributed by atoms with Crippen LogP contribution in [0.3, 0.4) is 0 Å². The van der Waals surface area contributed by atoms with Crippen molar-refractivity contribution in [1.82, 2.24) is 24.8 Å². The van der Waals surface area contributed by atoms with E-state index in [9.17, 15) is 0 Å². The highest BCUT2D eigenvalue weighted by Gasteiger charge is 2.24. The van der Waals surface area contributed by atoms with Gasteiger partial charge in [-0.3, -0.25) is 9.88 Å². The Hall–Kier alpha value is -3.03. The van der Waals surface area contributed by atoms with Gasteiger partial charge in [0.1, 0.15) is 17.1 Å². The Bertz CT molecular complexity index is 1250. The summed E-state index contributed by atoms with van der Waals surface area (Å²) in [6, 6.07) is 12.1. The molecule has 0 radical (unpaired) electrons. The Kier molecular flexibility index (Phi) is 4.35. The molecular weight excluding hydrogens is 394 g/mol. The number of pyridine rings is 1. The molecular formula is C23H21N5OS. The van der Waals surface area contributed by atoms with Crippen LogP contribution >= 0.6 is 11.3 Å². The molecule has 1 fully saturated rings. The number of hydrogen-bond acceptors (Lipinski definition) is 6. The second kappa shape index (κ2) is 7.34. The SMILES string of the molecule is c1ccc2oc(-c3csc(C4CCN(Cc5nc6ccncc6[nH]5)CC4)n3)cc2c1. The molecule has 1 saturated heterocycles. The van der Waals surface area contributed by atoms with Crippen LogP contribution in [0.2, 0.25) is 0 Å². The molecule has 0 atom stereocenters. The highest BCUT2D eigenvalue weighted by Crippen LogP contribution is 2.34. The van der Waals surface area contributed by atoms with Crippen LogP contribution < -0.4 is 0 Å². The second-order valence-electron chi connectivity index (χ2n) is 7.85. The number of hydrogen-bond donors (Lipinski definition) is 1. The van der Waals surface area contributed by atoms with Gasteiger partial charge in [-0.25, -0.2) is 9.97 Å². The summed E-state index contributed by atoms with van der Waals surface area (Å²) < 4.78 is 5.98. The van der Waals surface area contributed by atoms with Gasteiger partial charge in [0.25, 0.3) is 0 Å². The van der Waals surface area contributed by atoms with Gasteiger partial charge in [-0.1, -0.05) is 18.2 Å². The van der Waals surface area contributed by atoms with Crippen molar-refractivity contribution in [3.8, 4) is 11.5 Å². The fourth-order valence-electron chi connectivity index (χ4n) is 4.23. The van der Waals surface area contributed by atoms with Crippen molar-refractivity contribution in [2.45, 2.75) is 25.3 Å². The number of imidazole rings is 1. The van der Waals surface area contributed by atoms with E-state index < -0.39 is 0 Å². The summed E-state index contributed by atoms with van der Waals surface area (Å²) in [5.74, 6) is 2.39. The first-order valence-electron chi connectivity index (χ1n) is 10.3. The molecule has 0 unspecified atom stereocenters. The fourth-order valence-corrected chi connectivity index (χ4v) is 5.21. The lowest BCUT2D eigenvalue weighted by Gasteiger charge is -2.30. The molecule has 4 aromatic heterocycles. The quantitative estimate of drug-likeness (QED) is 0.436. The minimum atomic E-state index is 0.518. The largest absolute Gasteiger partial charge is 0.454 e. The van der Waals surface area contributed by atoms with Gasteiger partial charge in [-0.15, -0.1) is 11.3 Å². The number of fused-ring (bicyclic) bond motifs is 2. The van der Waals surface area contributed by atoms with Crippen LogP contribution in [0, 0.1) is 0 Å². The number of thiazole rings is 1. The Balaban J connectivity index is 1.12. The van der Waals surface area contributed by atoms with Gasteiger partial charge in [-0.05, 0) is 44.1 Å². The molecule has 1 aliphatic heterocycles. The zero-order chi connectivity index (χ0) is 19.9. The molecule has 150 valence electrons. The van der Waals surface area contributed by atoms with Crippen LogP contribution in [0.5, 0.6) is 0 Å². The number of likely N-dealkylation sites (tertiary alicyclic amines) is 1. The average Bonchev–Trinajstić information content (AvgIpc) is 3.51. The molecule has 1 aliphatic rings. The van der Waals surface area contributed by atoms with E-state index in [2.05, 4.69) is 37.4 Å². The normalized spacial score (nSPS) is 16.0. The maximum atomic E-state index is 5.98. The Morgan fingerprint density at radius 1 is 1.13 bits per heavy atom. The standard InChI is InChI=1S/C23H21N5OS/c1-2-4-20-16(3-1)11-21(29-20)19-14-30-23(27-19)15-6-9-28(10-7-15)13-22-25-17-5-8-24-12-18(17)26-22/h1-5,8,11-12,14-15H,6-7,9-10,13H2,(H,25,26). The first-order valence-corrected chi connectivity index (χ1v) is 11.2. The molecule has 0 spiro atoms. The summed E-state index contributed by atoms with van der Waals surface area (Å²) in [7, 11) is 0. The van der Waals surface area contributed by atoms with E-state index in [4.69, 9.17) is 9.40 Å². The maximum Gasteiger partial charge on any atom is 0.154 e. The molecule has 1 N–H and O–H groups in total. The molecule has 30 heavy (non-hydrogen) atoms. The van der Waals surface area contributed by atoms with E-state index in [-0.39, 0.29) is 0 Å². The summed E-state index contributed by atoms with van der Waals surface area (Å²) in [4.78, 5) is 19.6. The number of H-pyrrole nitrogens is 1. The third kappa shape index (κ3) is 3.30. The zero-order valence-electron chi connectivity index (χ0n) is 16.4. The lowest BCUT2D eigenvalue weighted by molar-refractivity contribution is 0.201. The van der Waals surface area contributed by atoms with Crippen molar-refractivity contribution in [3.05, 3.63) is 65.0 Å². The summed E-state index contributed by atoms with van der Waals surface area (Å²) >= 11 is 1.75. The van der Waals surface area contributed by atoms with Gasteiger partial charge in [0.2, 0.25) is 0 Å². The topological polar surface area (TPSA) is 70.8 Å². The van der Waals surface area contributed by atoms with E-state index in [1.807, 2.05) is 30.5 Å². The average molecular weight is 416 g/mol. The van der Waals surface area contributed by atoms with Gasteiger partial charge >= 0.3 is 0 Å². The zero-order valence-corrected chi connectivity index (χ0v) is 17.2. The molecule has 6 nitrogen and oxygen atoms in total. The highest BCUT2D eigenvalue weighted by molar-refractivity contribution is 7.10. The van der Waals surface area contributed by atoms with Gasteiger partial charge in [0.05, 0.1) is 28.8 Å². The minimum Gasteiger partial charge on any atom is -0.454 e. The molecule has 0 aliphatic carbocycles. The van der Waals surface area contributed by atoms with E-state index in [0.717, 1.165) is 71.8 Å². The smallest absolute Gasteiger partial charge is 0.154 e. The molecule has 7 heteroatoms. The first-order chi connectivity index (χ1) is 14.8. The number of nitrogens with one attached hydrogen (secondary N) is 1. The van der Waals surface area contributed by atoms with Crippen LogP contribution in [0.4, 0.5) is 0 Å². The van der Waals surface area contributed by atoms with Crippen molar-refractivity contribution < 1.29 is 4.42 Å². The monoisotopic (exact) mass is 415 g/mol. The van der Waals surface area contributed by atoms with Crippen molar-refractivity contribution >= 4 is 33.3 Å². The number of furan rings is 1. The van der Waals surface area contributed by atoms with Crippen molar-refractivity contribution in [2.75, 3.05) is 13.1 Å². The van der Waals surface area contributed by atoms with Gasteiger partial charge in [-0.2, -0.15) is 0 Å². The number of piperidine rings is 1. The van der Waals surface area contributed by atoms with Gasteiger partial charge < -0.3 is 9.40 Å². The summed E-state index contributed by atoms with van der Waals surface area (Å²) in [5, 5.41) is 4.47. The summed E-state index contributed by atoms with van der Waals surface area (Å²) in [6.07, 6.45) is 5.86. The number of aromatic amines is 1. The van der Waals surface area contributed by atoms with E-state index in [0.29, 0.717) is 5.92 Å². The molecule has 0 bridgehead atoms. The lowest BCUT2D eigenvalue weighted by Crippen LogP contribution is -2.32. The predicted molar refractivity (Wildman–Crippen MR) is 118 cm³/mol. The maximum absolute atomic E-state index is 5.98. The van der Waals surface area contributed by atoms with Crippen LogP contribution in [-0.4, -0.2) is 37.9 Å². The number of benzene rings is 1. The van der Waals surface area contributed by atoms with Gasteiger partial charge in [0.15, 0.2) is 5.76 Å². The second-order valence-corrected chi connectivity index (χ2v) is 8.74. The number of rotatable bonds is 4. The van der Waals surface area contributed by atoms with Crippen LogP contribution in [0.15, 0.2) is 58.6 Å². The van der Waals surface area contributed by atoms with Crippen molar-refractivity contribution in [2.24, 2.45) is 0 Å². The number of para-hydroxylation sites is 1. The molecule has 6 rings (SSSR count). The summed E-state index contributed by atoms with van der Waals surface area (Å²) in [5.41, 5.74) is 3.85.